The summed E-state index contributed by atoms with van der Waals surface area (Å²) >= 11 is 0. The van der Waals surface area contributed by atoms with Crippen molar-refractivity contribution in [3.63, 3.8) is 0 Å². The van der Waals surface area contributed by atoms with Crippen LogP contribution in [0.4, 0.5) is 0 Å². The second-order valence-electron chi connectivity index (χ2n) is 5.24. The molecule has 1 aliphatic heterocycles. The fourth-order valence-electron chi connectivity index (χ4n) is 2.25. The van der Waals surface area contributed by atoms with Crippen molar-refractivity contribution in [3.8, 4) is 0 Å². The molecule has 1 aliphatic rings. The van der Waals surface area contributed by atoms with Crippen LogP contribution < -0.4 is 0 Å². The molecule has 2 aromatic heterocycles. The summed E-state index contributed by atoms with van der Waals surface area (Å²) in [5, 5.41) is 0. The van der Waals surface area contributed by atoms with Crippen LogP contribution >= 0.6 is 0 Å². The number of rotatable bonds is 2. The Morgan fingerprint density at radius 1 is 1.09 bits per heavy atom. The van der Waals surface area contributed by atoms with Gasteiger partial charge in [-0.15, -0.1) is 0 Å². The number of aryl methyl sites for hydroxylation is 2. The molecule has 1 fully saturated rings. The molecule has 114 valence electrons. The minimum Gasteiger partial charge on any atom is -0.368 e. The lowest BCUT2D eigenvalue weighted by atomic mass is 10.2. The lowest BCUT2D eigenvalue weighted by Gasteiger charge is -2.32. The third-order valence-corrected chi connectivity index (χ3v) is 3.48. The second-order valence-corrected chi connectivity index (χ2v) is 5.24. The van der Waals surface area contributed by atoms with Gasteiger partial charge < -0.3 is 9.64 Å². The van der Waals surface area contributed by atoms with E-state index in [9.17, 15) is 4.79 Å². The molecule has 0 aromatic carbocycles. The number of hydrogen-bond acceptors (Lipinski definition) is 6. The Morgan fingerprint density at radius 2 is 1.82 bits per heavy atom. The van der Waals surface area contributed by atoms with Gasteiger partial charge in [0.1, 0.15) is 11.8 Å². The van der Waals surface area contributed by atoms with Gasteiger partial charge in [-0.25, -0.2) is 4.98 Å². The zero-order valence-corrected chi connectivity index (χ0v) is 12.6. The van der Waals surface area contributed by atoms with Crippen LogP contribution in [0.2, 0.25) is 0 Å². The summed E-state index contributed by atoms with van der Waals surface area (Å²) in [7, 11) is 0. The van der Waals surface area contributed by atoms with Crippen LogP contribution in [0.1, 0.15) is 33.7 Å². The van der Waals surface area contributed by atoms with Gasteiger partial charge in [0.05, 0.1) is 42.6 Å². The Kier molecular flexibility index (Phi) is 4.06. The minimum atomic E-state index is -0.260. The van der Waals surface area contributed by atoms with Crippen molar-refractivity contribution < 1.29 is 9.53 Å². The van der Waals surface area contributed by atoms with E-state index >= 15 is 0 Å². The molecule has 22 heavy (non-hydrogen) atoms. The third-order valence-electron chi connectivity index (χ3n) is 3.48. The summed E-state index contributed by atoms with van der Waals surface area (Å²) in [6, 6.07) is 0. The van der Waals surface area contributed by atoms with Crippen molar-refractivity contribution in [2.45, 2.75) is 20.0 Å². The number of ether oxygens (including phenoxy) is 1. The van der Waals surface area contributed by atoms with Crippen molar-refractivity contribution in [1.29, 1.82) is 0 Å². The maximum atomic E-state index is 12.5. The summed E-state index contributed by atoms with van der Waals surface area (Å²) in [5.41, 5.74) is 2.72. The Labute approximate surface area is 128 Å². The molecule has 0 bridgehead atoms. The largest absolute Gasteiger partial charge is 0.368 e. The fourth-order valence-corrected chi connectivity index (χ4v) is 2.25. The van der Waals surface area contributed by atoms with Crippen LogP contribution in [-0.2, 0) is 4.74 Å². The average Bonchev–Trinajstić information content (AvgIpc) is 2.56. The molecular formula is C15H17N5O2. The van der Waals surface area contributed by atoms with Crippen LogP contribution in [0, 0.1) is 13.8 Å². The van der Waals surface area contributed by atoms with Gasteiger partial charge in [0.25, 0.3) is 5.91 Å². The van der Waals surface area contributed by atoms with Gasteiger partial charge in [-0.1, -0.05) is 0 Å². The van der Waals surface area contributed by atoms with E-state index in [4.69, 9.17) is 4.74 Å². The third kappa shape index (κ3) is 3.09. The molecule has 1 saturated heterocycles. The van der Waals surface area contributed by atoms with Gasteiger partial charge in [-0.3, -0.25) is 19.7 Å². The van der Waals surface area contributed by atoms with Crippen molar-refractivity contribution >= 4 is 5.91 Å². The predicted octanol–water partition coefficient (Wildman–Crippen LogP) is 1.10. The Balaban J connectivity index is 1.73. The first-order chi connectivity index (χ1) is 10.6. The highest BCUT2D eigenvalue weighted by atomic mass is 16.5. The highest BCUT2D eigenvalue weighted by molar-refractivity contribution is 5.92. The van der Waals surface area contributed by atoms with E-state index in [0.29, 0.717) is 25.4 Å². The number of nitrogens with zero attached hydrogens (tertiary/aromatic N) is 5. The quantitative estimate of drug-likeness (QED) is 0.826. The summed E-state index contributed by atoms with van der Waals surface area (Å²) in [6.07, 6.45) is 6.24. The molecule has 0 radical (unpaired) electrons. The monoisotopic (exact) mass is 299 g/mol. The number of carbonyl (C=O) groups excluding carboxylic acids is 1. The maximum Gasteiger partial charge on any atom is 0.274 e. The number of morpholine rings is 1. The Hall–Kier alpha value is -2.41. The molecule has 0 aliphatic carbocycles. The Bertz CT molecular complexity index is 657. The van der Waals surface area contributed by atoms with Crippen LogP contribution in [0.25, 0.3) is 0 Å². The standard InChI is InChI=1S/C15H17N5O2/c1-10-5-18-12(7-16-10)14-9-20(3-4-22-14)15(21)13-8-17-11(2)6-19-13/h5-8,14H,3-4,9H2,1-2H3/t14-/m1/s1. The molecular weight excluding hydrogens is 282 g/mol. The van der Waals surface area contributed by atoms with E-state index in [1.807, 2.05) is 13.8 Å². The molecule has 0 saturated carbocycles. The number of aromatic nitrogens is 4. The van der Waals surface area contributed by atoms with Crippen LogP contribution in [0.5, 0.6) is 0 Å². The highest BCUT2D eigenvalue weighted by Crippen LogP contribution is 2.20. The van der Waals surface area contributed by atoms with Crippen molar-refractivity contribution in [1.82, 2.24) is 24.8 Å². The molecule has 7 heteroatoms. The maximum absolute atomic E-state index is 12.5. The molecule has 7 nitrogen and oxygen atoms in total. The molecule has 3 rings (SSSR count). The van der Waals surface area contributed by atoms with Gasteiger partial charge >= 0.3 is 0 Å². The van der Waals surface area contributed by atoms with Gasteiger partial charge in [0.15, 0.2) is 0 Å². The molecule has 0 unspecified atom stereocenters. The van der Waals surface area contributed by atoms with Crippen LogP contribution in [-0.4, -0.2) is 50.4 Å². The molecule has 0 spiro atoms. The van der Waals surface area contributed by atoms with E-state index in [2.05, 4.69) is 19.9 Å². The lowest BCUT2D eigenvalue weighted by Crippen LogP contribution is -2.42. The smallest absolute Gasteiger partial charge is 0.274 e. The first kappa shape index (κ1) is 14.5. The zero-order valence-electron chi connectivity index (χ0n) is 12.6. The summed E-state index contributed by atoms with van der Waals surface area (Å²) in [4.78, 5) is 31.0. The summed E-state index contributed by atoms with van der Waals surface area (Å²) in [5.74, 6) is -0.138. The van der Waals surface area contributed by atoms with Crippen LogP contribution in [0.3, 0.4) is 0 Å². The van der Waals surface area contributed by atoms with Crippen molar-refractivity contribution in [2.24, 2.45) is 0 Å². The molecule has 3 heterocycles. The van der Waals surface area contributed by atoms with Crippen molar-refractivity contribution in [2.75, 3.05) is 19.7 Å². The van der Waals surface area contributed by atoms with Gasteiger partial charge in [0, 0.05) is 18.9 Å². The van der Waals surface area contributed by atoms with E-state index in [-0.39, 0.29) is 12.0 Å². The first-order valence-corrected chi connectivity index (χ1v) is 7.11. The molecule has 1 atom stereocenters. The SMILES string of the molecule is Cc1cnc(C(=O)N2CCO[C@@H](c3cnc(C)cn3)C2)cn1. The molecule has 1 amide bonds. The average molecular weight is 299 g/mol. The highest BCUT2D eigenvalue weighted by Gasteiger charge is 2.27. The van der Waals surface area contributed by atoms with Gasteiger partial charge in [-0.05, 0) is 13.8 Å². The number of hydrogen-bond donors (Lipinski definition) is 0. The summed E-state index contributed by atoms with van der Waals surface area (Å²) in [6.45, 7) is 5.15. The van der Waals surface area contributed by atoms with E-state index in [1.165, 1.54) is 6.20 Å². The van der Waals surface area contributed by atoms with Gasteiger partial charge in [0.2, 0.25) is 0 Å². The zero-order chi connectivity index (χ0) is 15.5. The van der Waals surface area contributed by atoms with E-state index in [0.717, 1.165) is 17.1 Å². The second kappa shape index (κ2) is 6.15. The van der Waals surface area contributed by atoms with Crippen LogP contribution in [0.15, 0.2) is 24.8 Å². The fraction of sp³-hybridized carbons (Fsp3) is 0.400. The minimum absolute atomic E-state index is 0.138. The van der Waals surface area contributed by atoms with Gasteiger partial charge in [-0.2, -0.15) is 0 Å². The lowest BCUT2D eigenvalue weighted by molar-refractivity contribution is -0.0251. The Morgan fingerprint density at radius 3 is 2.45 bits per heavy atom. The van der Waals surface area contributed by atoms with E-state index in [1.54, 1.807) is 23.5 Å². The molecule has 0 N–H and O–H groups in total. The number of carbonyl (C=O) groups is 1. The van der Waals surface area contributed by atoms with Crippen molar-refractivity contribution in [3.05, 3.63) is 47.6 Å². The van der Waals surface area contributed by atoms with E-state index < -0.39 is 0 Å². The summed E-state index contributed by atoms with van der Waals surface area (Å²) < 4.78 is 5.71. The normalized spacial score (nSPS) is 18.3. The first-order valence-electron chi connectivity index (χ1n) is 7.11. The number of amides is 1. The molecule has 2 aromatic rings. The predicted molar refractivity (Wildman–Crippen MR) is 78.1 cm³/mol. The topological polar surface area (TPSA) is 81.1 Å².